The smallest absolute Gasteiger partial charge is 0.183 e. The van der Waals surface area contributed by atoms with Gasteiger partial charge in [-0.25, -0.2) is 4.98 Å². The van der Waals surface area contributed by atoms with E-state index < -0.39 is 0 Å². The van der Waals surface area contributed by atoms with Crippen LogP contribution in [-0.4, -0.2) is 20.2 Å². The number of H-pyrrole nitrogens is 1. The molecule has 0 fully saturated rings. The quantitative estimate of drug-likeness (QED) is 0.693. The minimum Gasteiger partial charge on any atom is -0.343 e. The first-order chi connectivity index (χ1) is 5.36. The van der Waals surface area contributed by atoms with Crippen LogP contribution in [0.25, 0.3) is 10.8 Å². The van der Waals surface area contributed by atoms with Gasteiger partial charge >= 0.3 is 0 Å². The fourth-order valence-electron chi connectivity index (χ4n) is 0.774. The lowest BCUT2D eigenvalue weighted by Crippen LogP contribution is -1.77. The van der Waals surface area contributed by atoms with Crippen LogP contribution in [0.3, 0.4) is 0 Å². The molecule has 0 atom stereocenters. The van der Waals surface area contributed by atoms with Crippen LogP contribution >= 0.6 is 11.3 Å². The van der Waals surface area contributed by atoms with Crippen molar-refractivity contribution >= 4 is 11.3 Å². The van der Waals surface area contributed by atoms with Gasteiger partial charge in [0.2, 0.25) is 0 Å². The summed E-state index contributed by atoms with van der Waals surface area (Å²) in [5.41, 5.74) is 0. The molecule has 0 aliphatic carbocycles. The second-order valence-corrected chi connectivity index (χ2v) is 3.25. The van der Waals surface area contributed by atoms with Crippen LogP contribution in [0.15, 0.2) is 12.4 Å². The van der Waals surface area contributed by atoms with Crippen LogP contribution in [-0.2, 0) is 0 Å². The molecule has 0 aliphatic rings. The highest BCUT2D eigenvalue weighted by molar-refractivity contribution is 7.14. The van der Waals surface area contributed by atoms with Crippen molar-refractivity contribution in [2.24, 2.45) is 0 Å². The molecule has 0 spiro atoms. The van der Waals surface area contributed by atoms with Gasteiger partial charge in [-0.3, -0.25) is 0 Å². The number of nitrogens with one attached hydrogen (secondary N) is 1. The summed E-state index contributed by atoms with van der Waals surface area (Å²) in [5.74, 6) is 0.788. The van der Waals surface area contributed by atoms with Crippen molar-refractivity contribution in [3.8, 4) is 10.8 Å². The maximum Gasteiger partial charge on any atom is 0.183 e. The van der Waals surface area contributed by atoms with Crippen molar-refractivity contribution in [1.29, 1.82) is 0 Å². The molecule has 0 aromatic carbocycles. The lowest BCUT2D eigenvalue weighted by atomic mass is 10.7. The third-order valence-corrected chi connectivity index (χ3v) is 2.07. The van der Waals surface area contributed by atoms with Crippen molar-refractivity contribution in [3.63, 3.8) is 0 Å². The predicted octanol–water partition coefficient (Wildman–Crippen LogP) is 1.24. The molecular formula is C6H6N4S. The second-order valence-electron chi connectivity index (χ2n) is 2.06. The Hall–Kier alpha value is -1.23. The number of rotatable bonds is 1. The largest absolute Gasteiger partial charge is 0.343 e. The molecular weight excluding hydrogens is 160 g/mol. The first-order valence-electron chi connectivity index (χ1n) is 3.16. The van der Waals surface area contributed by atoms with Gasteiger partial charge in [0, 0.05) is 12.4 Å². The number of imidazole rings is 1. The van der Waals surface area contributed by atoms with E-state index in [2.05, 4.69) is 20.2 Å². The Bertz CT molecular complexity index is 337. The summed E-state index contributed by atoms with van der Waals surface area (Å²) in [4.78, 5) is 7.02. The second kappa shape index (κ2) is 2.43. The molecule has 0 amide bonds. The zero-order valence-electron chi connectivity index (χ0n) is 5.90. The Morgan fingerprint density at radius 1 is 1.45 bits per heavy atom. The number of aromatic amines is 1. The lowest BCUT2D eigenvalue weighted by molar-refractivity contribution is 1.04. The van der Waals surface area contributed by atoms with Crippen molar-refractivity contribution in [1.82, 2.24) is 20.2 Å². The van der Waals surface area contributed by atoms with Gasteiger partial charge in [-0.1, -0.05) is 11.3 Å². The average molecular weight is 166 g/mol. The molecule has 0 radical (unpaired) electrons. The van der Waals surface area contributed by atoms with Gasteiger partial charge in [-0.05, 0) is 6.92 Å². The third kappa shape index (κ3) is 1.14. The van der Waals surface area contributed by atoms with Crippen molar-refractivity contribution < 1.29 is 0 Å². The molecule has 0 unspecified atom stereocenters. The molecule has 5 heteroatoms. The molecule has 0 bridgehead atoms. The van der Waals surface area contributed by atoms with Gasteiger partial charge in [0.05, 0.1) is 0 Å². The van der Waals surface area contributed by atoms with E-state index in [1.807, 2.05) is 6.92 Å². The Kier molecular flexibility index (Phi) is 1.43. The van der Waals surface area contributed by atoms with Gasteiger partial charge < -0.3 is 4.98 Å². The molecule has 1 N–H and O–H groups in total. The fourth-order valence-corrected chi connectivity index (χ4v) is 1.43. The highest BCUT2D eigenvalue weighted by atomic mass is 32.1. The van der Waals surface area contributed by atoms with E-state index in [4.69, 9.17) is 0 Å². The molecule has 0 saturated heterocycles. The fraction of sp³-hybridized carbons (Fsp3) is 0.167. The topological polar surface area (TPSA) is 54.5 Å². The number of hydrogen-bond acceptors (Lipinski definition) is 4. The highest BCUT2D eigenvalue weighted by Gasteiger charge is 2.04. The van der Waals surface area contributed by atoms with E-state index in [0.717, 1.165) is 15.8 Å². The van der Waals surface area contributed by atoms with Crippen LogP contribution < -0.4 is 0 Å². The van der Waals surface area contributed by atoms with E-state index >= 15 is 0 Å². The monoisotopic (exact) mass is 166 g/mol. The summed E-state index contributed by atoms with van der Waals surface area (Å²) in [6, 6.07) is 0. The van der Waals surface area contributed by atoms with Gasteiger partial charge in [0.1, 0.15) is 5.01 Å². The number of aryl methyl sites for hydroxylation is 1. The maximum absolute atomic E-state index is 4.05. The molecule has 56 valence electrons. The van der Waals surface area contributed by atoms with E-state index in [0.29, 0.717) is 0 Å². The Morgan fingerprint density at radius 3 is 2.91 bits per heavy atom. The maximum atomic E-state index is 4.05. The lowest BCUT2D eigenvalue weighted by Gasteiger charge is -1.82. The minimum atomic E-state index is 0.788. The van der Waals surface area contributed by atoms with Crippen molar-refractivity contribution in [3.05, 3.63) is 17.4 Å². The van der Waals surface area contributed by atoms with Crippen molar-refractivity contribution in [2.45, 2.75) is 6.92 Å². The summed E-state index contributed by atoms with van der Waals surface area (Å²) in [7, 11) is 0. The third-order valence-electron chi connectivity index (χ3n) is 1.23. The predicted molar refractivity (Wildman–Crippen MR) is 42.2 cm³/mol. The normalized spacial score (nSPS) is 10.3. The van der Waals surface area contributed by atoms with Gasteiger partial charge in [0.25, 0.3) is 0 Å². The summed E-state index contributed by atoms with van der Waals surface area (Å²) in [5, 5.41) is 9.61. The van der Waals surface area contributed by atoms with E-state index in [1.54, 1.807) is 12.4 Å². The Morgan fingerprint density at radius 2 is 2.36 bits per heavy atom. The molecule has 2 rings (SSSR count). The molecule has 4 nitrogen and oxygen atoms in total. The summed E-state index contributed by atoms with van der Waals surface area (Å²) < 4.78 is 0. The van der Waals surface area contributed by atoms with Gasteiger partial charge in [0.15, 0.2) is 10.8 Å². The van der Waals surface area contributed by atoms with Gasteiger partial charge in [-0.15, -0.1) is 10.2 Å². The molecule has 0 saturated carbocycles. The molecule has 2 aromatic rings. The molecule has 2 heterocycles. The number of aromatic nitrogens is 4. The number of hydrogen-bond donors (Lipinski definition) is 1. The zero-order valence-corrected chi connectivity index (χ0v) is 6.72. The van der Waals surface area contributed by atoms with Crippen LogP contribution in [0.5, 0.6) is 0 Å². The van der Waals surface area contributed by atoms with Crippen LogP contribution in [0.1, 0.15) is 5.01 Å². The SMILES string of the molecule is Cc1nnc(-c2ncc[nH]2)s1. The summed E-state index contributed by atoms with van der Waals surface area (Å²) in [6.45, 7) is 1.92. The highest BCUT2D eigenvalue weighted by Crippen LogP contribution is 2.17. The van der Waals surface area contributed by atoms with Crippen molar-refractivity contribution in [2.75, 3.05) is 0 Å². The first-order valence-corrected chi connectivity index (χ1v) is 3.98. The van der Waals surface area contributed by atoms with Crippen LogP contribution in [0.2, 0.25) is 0 Å². The van der Waals surface area contributed by atoms with Crippen LogP contribution in [0.4, 0.5) is 0 Å². The minimum absolute atomic E-state index is 0.788. The Labute approximate surface area is 67.3 Å². The standard InChI is InChI=1S/C6H6N4S/c1-4-9-10-6(11-4)5-7-2-3-8-5/h2-3H,1H3,(H,7,8). The summed E-state index contributed by atoms with van der Waals surface area (Å²) >= 11 is 1.53. The summed E-state index contributed by atoms with van der Waals surface area (Å²) in [6.07, 6.45) is 3.47. The van der Waals surface area contributed by atoms with E-state index in [9.17, 15) is 0 Å². The van der Waals surface area contributed by atoms with E-state index in [1.165, 1.54) is 11.3 Å². The molecule has 0 aliphatic heterocycles. The van der Waals surface area contributed by atoms with E-state index in [-0.39, 0.29) is 0 Å². The van der Waals surface area contributed by atoms with Gasteiger partial charge in [-0.2, -0.15) is 0 Å². The molecule has 11 heavy (non-hydrogen) atoms. The first kappa shape index (κ1) is 6.48. The zero-order chi connectivity index (χ0) is 7.68. The number of nitrogens with zero attached hydrogens (tertiary/aromatic N) is 3. The molecule has 2 aromatic heterocycles. The Balaban J connectivity index is 2.45. The van der Waals surface area contributed by atoms with Crippen LogP contribution in [0, 0.1) is 6.92 Å². The average Bonchev–Trinajstić information content (AvgIpc) is 2.55.